The van der Waals surface area contributed by atoms with Gasteiger partial charge in [-0.3, -0.25) is 4.68 Å². The Balaban J connectivity index is 2.19. The maximum Gasteiger partial charge on any atom is 0.166 e. The van der Waals surface area contributed by atoms with Crippen LogP contribution in [0.15, 0.2) is 24.3 Å². The molecule has 0 aliphatic rings. The number of ether oxygens (including phenoxy) is 2. The first-order valence-electron chi connectivity index (χ1n) is 7.28. The average molecular weight is 289 g/mol. The Morgan fingerprint density at radius 1 is 1.24 bits per heavy atom. The smallest absolute Gasteiger partial charge is 0.166 e. The molecule has 1 aromatic heterocycles. The summed E-state index contributed by atoms with van der Waals surface area (Å²) in [6.45, 7) is 5.50. The van der Waals surface area contributed by atoms with E-state index in [-0.39, 0.29) is 0 Å². The molecule has 0 amide bonds. The summed E-state index contributed by atoms with van der Waals surface area (Å²) < 4.78 is 13.4. The van der Waals surface area contributed by atoms with Crippen molar-refractivity contribution in [2.45, 2.75) is 33.4 Å². The highest BCUT2D eigenvalue weighted by atomic mass is 16.5. The van der Waals surface area contributed by atoms with Gasteiger partial charge >= 0.3 is 0 Å². The van der Waals surface area contributed by atoms with Crippen molar-refractivity contribution in [2.24, 2.45) is 12.8 Å². The zero-order valence-corrected chi connectivity index (χ0v) is 12.9. The normalized spacial score (nSPS) is 10.7. The summed E-state index contributed by atoms with van der Waals surface area (Å²) in [4.78, 5) is 0. The second-order valence-electron chi connectivity index (χ2n) is 4.77. The molecule has 1 heterocycles. The lowest BCUT2D eigenvalue weighted by atomic mass is 10.2. The molecule has 2 N–H and O–H groups in total. The monoisotopic (exact) mass is 289 g/mol. The number of aromatic nitrogens is 2. The second kappa shape index (κ2) is 7.13. The quantitative estimate of drug-likeness (QED) is 0.850. The number of hydrogen-bond donors (Lipinski definition) is 1. The van der Waals surface area contributed by atoms with Crippen LogP contribution < -0.4 is 15.2 Å². The Morgan fingerprint density at radius 3 is 2.67 bits per heavy atom. The van der Waals surface area contributed by atoms with Crippen LogP contribution in [-0.2, 0) is 26.6 Å². The predicted octanol–water partition coefficient (Wildman–Crippen LogP) is 2.42. The van der Waals surface area contributed by atoms with Crippen molar-refractivity contribution in [3.63, 3.8) is 0 Å². The SMILES string of the molecule is CCOc1cccc(CN)c1OCc1cc(CC)nn1C. The van der Waals surface area contributed by atoms with Gasteiger partial charge in [-0.2, -0.15) is 5.10 Å². The van der Waals surface area contributed by atoms with Gasteiger partial charge in [0.05, 0.1) is 18.0 Å². The molecular weight excluding hydrogens is 266 g/mol. The third kappa shape index (κ3) is 3.55. The molecule has 2 aromatic rings. The van der Waals surface area contributed by atoms with E-state index in [1.54, 1.807) is 0 Å². The highest BCUT2D eigenvalue weighted by Gasteiger charge is 2.12. The van der Waals surface area contributed by atoms with E-state index in [0.29, 0.717) is 19.8 Å². The molecule has 1 aromatic carbocycles. The number of nitrogens with zero attached hydrogens (tertiary/aromatic N) is 2. The van der Waals surface area contributed by atoms with Crippen LogP contribution in [0.2, 0.25) is 0 Å². The van der Waals surface area contributed by atoms with E-state index < -0.39 is 0 Å². The Kier molecular flexibility index (Phi) is 5.22. The summed E-state index contributed by atoms with van der Waals surface area (Å²) in [6.07, 6.45) is 0.914. The van der Waals surface area contributed by atoms with Crippen LogP contribution in [0.3, 0.4) is 0 Å². The van der Waals surface area contributed by atoms with Gasteiger partial charge in [0, 0.05) is 19.2 Å². The first kappa shape index (κ1) is 15.4. The minimum Gasteiger partial charge on any atom is -0.490 e. The van der Waals surface area contributed by atoms with Crippen molar-refractivity contribution in [3.05, 3.63) is 41.2 Å². The third-order valence-corrected chi connectivity index (χ3v) is 3.33. The zero-order valence-electron chi connectivity index (χ0n) is 12.9. The fraction of sp³-hybridized carbons (Fsp3) is 0.438. The van der Waals surface area contributed by atoms with Crippen LogP contribution in [0.5, 0.6) is 11.5 Å². The molecule has 0 saturated heterocycles. The molecule has 0 bridgehead atoms. The van der Waals surface area contributed by atoms with Crippen molar-refractivity contribution >= 4 is 0 Å². The molecule has 5 nitrogen and oxygen atoms in total. The standard InChI is InChI=1S/C16H23N3O2/c1-4-13-9-14(19(3)18-13)11-21-16-12(10-17)7-6-8-15(16)20-5-2/h6-9H,4-5,10-11,17H2,1-3H3. The number of benzene rings is 1. The summed E-state index contributed by atoms with van der Waals surface area (Å²) in [7, 11) is 1.93. The Bertz CT molecular complexity index is 593. The van der Waals surface area contributed by atoms with Gasteiger partial charge in [0.2, 0.25) is 0 Å². The fourth-order valence-corrected chi connectivity index (χ4v) is 2.18. The molecule has 0 atom stereocenters. The molecular formula is C16H23N3O2. The van der Waals surface area contributed by atoms with Crippen molar-refractivity contribution in [2.75, 3.05) is 6.61 Å². The van der Waals surface area contributed by atoms with Crippen LogP contribution in [0.25, 0.3) is 0 Å². The molecule has 0 aliphatic heterocycles. The van der Waals surface area contributed by atoms with Gasteiger partial charge in [0.1, 0.15) is 6.61 Å². The van der Waals surface area contributed by atoms with E-state index in [9.17, 15) is 0 Å². The summed E-state index contributed by atoms with van der Waals surface area (Å²) in [6, 6.07) is 7.85. The molecule has 0 spiro atoms. The molecule has 0 saturated carbocycles. The third-order valence-electron chi connectivity index (χ3n) is 3.33. The van der Waals surface area contributed by atoms with Crippen molar-refractivity contribution in [1.29, 1.82) is 0 Å². The van der Waals surface area contributed by atoms with Crippen molar-refractivity contribution in [1.82, 2.24) is 9.78 Å². The van der Waals surface area contributed by atoms with E-state index in [4.69, 9.17) is 15.2 Å². The van der Waals surface area contributed by atoms with Gasteiger partial charge in [-0.05, 0) is 25.5 Å². The largest absolute Gasteiger partial charge is 0.490 e. The number of para-hydroxylation sites is 1. The lowest BCUT2D eigenvalue weighted by molar-refractivity contribution is 0.260. The number of rotatable bonds is 7. The van der Waals surface area contributed by atoms with Gasteiger partial charge < -0.3 is 15.2 Å². The van der Waals surface area contributed by atoms with Crippen LogP contribution in [0.4, 0.5) is 0 Å². The lowest BCUT2D eigenvalue weighted by Crippen LogP contribution is -2.07. The minimum atomic E-state index is 0.418. The van der Waals surface area contributed by atoms with Gasteiger partial charge in [0.15, 0.2) is 11.5 Å². The second-order valence-corrected chi connectivity index (χ2v) is 4.77. The summed E-state index contributed by atoms with van der Waals surface area (Å²) >= 11 is 0. The number of aryl methyl sites for hydroxylation is 2. The lowest BCUT2D eigenvalue weighted by Gasteiger charge is -2.15. The van der Waals surface area contributed by atoms with Gasteiger partial charge in [0.25, 0.3) is 0 Å². The number of hydrogen-bond acceptors (Lipinski definition) is 4. The van der Waals surface area contributed by atoms with Crippen LogP contribution >= 0.6 is 0 Å². The topological polar surface area (TPSA) is 62.3 Å². The molecule has 5 heteroatoms. The number of nitrogens with two attached hydrogens (primary N) is 1. The molecule has 2 rings (SSSR count). The van der Waals surface area contributed by atoms with Crippen LogP contribution in [-0.4, -0.2) is 16.4 Å². The van der Waals surface area contributed by atoms with Crippen molar-refractivity contribution < 1.29 is 9.47 Å². The van der Waals surface area contributed by atoms with Crippen LogP contribution in [0.1, 0.15) is 30.8 Å². The molecule has 0 unspecified atom stereocenters. The van der Waals surface area contributed by atoms with Crippen LogP contribution in [0, 0.1) is 0 Å². The first-order valence-corrected chi connectivity index (χ1v) is 7.28. The van der Waals surface area contributed by atoms with E-state index in [1.165, 1.54) is 0 Å². The van der Waals surface area contributed by atoms with Gasteiger partial charge in [-0.1, -0.05) is 19.1 Å². The summed E-state index contributed by atoms with van der Waals surface area (Å²) in [5, 5.41) is 4.42. The molecule has 114 valence electrons. The minimum absolute atomic E-state index is 0.418. The Labute approximate surface area is 125 Å². The predicted molar refractivity (Wildman–Crippen MR) is 82.4 cm³/mol. The van der Waals surface area contributed by atoms with E-state index >= 15 is 0 Å². The maximum atomic E-state index is 5.97. The fourth-order valence-electron chi connectivity index (χ4n) is 2.18. The summed E-state index contributed by atoms with van der Waals surface area (Å²) in [5.41, 5.74) is 8.82. The van der Waals surface area contributed by atoms with Gasteiger partial charge in [-0.15, -0.1) is 0 Å². The van der Waals surface area contributed by atoms with Crippen molar-refractivity contribution in [3.8, 4) is 11.5 Å². The summed E-state index contributed by atoms with van der Waals surface area (Å²) in [5.74, 6) is 1.46. The highest BCUT2D eigenvalue weighted by molar-refractivity contribution is 5.46. The Hall–Kier alpha value is -2.01. The first-order chi connectivity index (χ1) is 10.2. The average Bonchev–Trinajstić information content (AvgIpc) is 2.86. The van der Waals surface area contributed by atoms with E-state index in [2.05, 4.69) is 18.1 Å². The van der Waals surface area contributed by atoms with Gasteiger partial charge in [-0.25, -0.2) is 0 Å². The molecule has 21 heavy (non-hydrogen) atoms. The molecule has 0 fully saturated rings. The van der Waals surface area contributed by atoms with E-state index in [0.717, 1.165) is 34.9 Å². The Morgan fingerprint density at radius 2 is 2.05 bits per heavy atom. The van der Waals surface area contributed by atoms with E-state index in [1.807, 2.05) is 36.9 Å². The molecule has 0 aliphatic carbocycles. The molecule has 0 radical (unpaired) electrons. The maximum absolute atomic E-state index is 5.97. The highest BCUT2D eigenvalue weighted by Crippen LogP contribution is 2.31. The zero-order chi connectivity index (χ0) is 15.2.